The Morgan fingerprint density at radius 1 is 1.20 bits per heavy atom. The molecule has 0 saturated carbocycles. The van der Waals surface area contributed by atoms with Crippen LogP contribution >= 0.6 is 0 Å². The molecular weight excluding hydrogens is 391 g/mol. The molecule has 154 valence electrons. The minimum Gasteiger partial charge on any atom is -0.447 e. The van der Waals surface area contributed by atoms with Gasteiger partial charge in [0.05, 0.1) is 41.3 Å². The monoisotopic (exact) mass is 410 g/mol. The van der Waals surface area contributed by atoms with Crippen molar-refractivity contribution in [2.75, 3.05) is 36.6 Å². The molecule has 0 radical (unpaired) electrons. The maximum Gasteiger partial charge on any atom is 0.414 e. The first-order valence-electron chi connectivity index (χ1n) is 9.72. The maximum atomic E-state index is 13.9. The number of rotatable bonds is 4. The zero-order chi connectivity index (χ0) is 20.7. The number of halogens is 1. The number of fused-ring (bicyclic) bond motifs is 1. The highest BCUT2D eigenvalue weighted by Crippen LogP contribution is 2.36. The van der Waals surface area contributed by atoms with E-state index >= 15 is 0 Å². The second-order valence-corrected chi connectivity index (χ2v) is 7.23. The molecule has 2 aromatic carbocycles. The van der Waals surface area contributed by atoms with Crippen LogP contribution in [-0.2, 0) is 14.3 Å². The van der Waals surface area contributed by atoms with E-state index in [1.54, 1.807) is 28.9 Å². The summed E-state index contributed by atoms with van der Waals surface area (Å²) < 4.78 is 25.8. The van der Waals surface area contributed by atoms with Gasteiger partial charge in [-0.1, -0.05) is 12.1 Å². The third kappa shape index (κ3) is 3.17. The van der Waals surface area contributed by atoms with Gasteiger partial charge in [-0.2, -0.15) is 0 Å². The van der Waals surface area contributed by atoms with Gasteiger partial charge in [0.1, 0.15) is 12.4 Å². The molecule has 1 aromatic heterocycles. The Kier molecular flexibility index (Phi) is 4.59. The Morgan fingerprint density at radius 2 is 2.07 bits per heavy atom. The molecule has 1 atom stereocenters. The number of aromatic nitrogens is 2. The number of ether oxygens (including phenoxy) is 2. The fourth-order valence-electron chi connectivity index (χ4n) is 3.84. The van der Waals surface area contributed by atoms with Crippen molar-refractivity contribution in [3.63, 3.8) is 0 Å². The van der Waals surface area contributed by atoms with E-state index in [0.717, 1.165) is 0 Å². The number of nitrogens with zero attached hydrogens (tertiary/aromatic N) is 3. The summed E-state index contributed by atoms with van der Waals surface area (Å²) >= 11 is 0. The largest absolute Gasteiger partial charge is 0.447 e. The van der Waals surface area contributed by atoms with Gasteiger partial charge >= 0.3 is 6.09 Å². The van der Waals surface area contributed by atoms with Gasteiger partial charge in [-0.15, -0.1) is 5.10 Å². The Labute approximate surface area is 171 Å². The Morgan fingerprint density at radius 3 is 2.80 bits per heavy atom. The van der Waals surface area contributed by atoms with Crippen LogP contribution in [0.15, 0.2) is 42.5 Å². The summed E-state index contributed by atoms with van der Waals surface area (Å²) in [6.45, 7) is 1.59. The molecule has 0 aliphatic carbocycles. The zero-order valence-corrected chi connectivity index (χ0v) is 16.0. The van der Waals surface area contributed by atoms with Crippen LogP contribution in [0.4, 0.5) is 20.7 Å². The van der Waals surface area contributed by atoms with Gasteiger partial charge in [-0.25, -0.2) is 13.9 Å². The highest BCUT2D eigenvalue weighted by atomic mass is 19.1. The number of cyclic esters (lactones) is 1. The van der Waals surface area contributed by atoms with Gasteiger partial charge in [0.15, 0.2) is 5.82 Å². The standard InChI is InChI=1S/C21H19FN4O4/c22-14-3-1-4-15(11-14)26-17-6-2-5-16(25-8-10-30-21(25)28)18(17)19(24-26)23-20(27)13-7-9-29-12-13/h1-6,11,13H,7-10,12H2,(H,23,24,27)/t13-/m1/s1. The minimum atomic E-state index is -0.456. The summed E-state index contributed by atoms with van der Waals surface area (Å²) in [5.41, 5.74) is 1.72. The van der Waals surface area contributed by atoms with Crippen molar-refractivity contribution >= 4 is 34.4 Å². The first-order valence-corrected chi connectivity index (χ1v) is 9.72. The maximum absolute atomic E-state index is 13.9. The van der Waals surface area contributed by atoms with Gasteiger partial charge in [0.2, 0.25) is 5.91 Å². The van der Waals surface area contributed by atoms with Crippen molar-refractivity contribution in [3.05, 3.63) is 48.3 Å². The van der Waals surface area contributed by atoms with Crippen LogP contribution in [0, 0.1) is 11.7 Å². The quantitative estimate of drug-likeness (QED) is 0.714. The minimum absolute atomic E-state index is 0.197. The van der Waals surface area contributed by atoms with Crippen molar-refractivity contribution in [3.8, 4) is 5.69 Å². The van der Waals surface area contributed by atoms with Gasteiger partial charge in [0.25, 0.3) is 0 Å². The molecule has 30 heavy (non-hydrogen) atoms. The highest BCUT2D eigenvalue weighted by molar-refractivity contribution is 6.10. The van der Waals surface area contributed by atoms with Gasteiger partial charge in [-0.3, -0.25) is 9.69 Å². The lowest BCUT2D eigenvalue weighted by atomic mass is 10.1. The summed E-state index contributed by atoms with van der Waals surface area (Å²) in [5, 5.41) is 8.05. The molecule has 1 N–H and O–H groups in total. The Hall–Kier alpha value is -3.46. The zero-order valence-electron chi connectivity index (χ0n) is 16.0. The molecule has 0 spiro atoms. The molecule has 3 heterocycles. The normalized spacial score (nSPS) is 18.8. The van der Waals surface area contributed by atoms with Crippen molar-refractivity contribution < 1.29 is 23.5 Å². The lowest BCUT2D eigenvalue weighted by molar-refractivity contribution is -0.119. The molecule has 2 aliphatic rings. The SMILES string of the molecule is O=C(Nc1nn(-c2cccc(F)c2)c2cccc(N3CCOC3=O)c12)[C@@H]1CCOC1. The predicted octanol–water partition coefficient (Wildman–Crippen LogP) is 3.10. The van der Waals surface area contributed by atoms with Gasteiger partial charge in [0, 0.05) is 6.61 Å². The van der Waals surface area contributed by atoms with Crippen LogP contribution in [0.1, 0.15) is 6.42 Å². The number of nitrogens with one attached hydrogen (secondary N) is 1. The smallest absolute Gasteiger partial charge is 0.414 e. The molecule has 2 fully saturated rings. The summed E-state index contributed by atoms with van der Waals surface area (Å²) in [5.74, 6) is -0.550. The fraction of sp³-hybridized carbons (Fsp3) is 0.286. The number of carbonyl (C=O) groups is 2. The molecule has 0 unspecified atom stereocenters. The van der Waals surface area contributed by atoms with E-state index in [9.17, 15) is 14.0 Å². The topological polar surface area (TPSA) is 85.7 Å². The number of benzene rings is 2. The van der Waals surface area contributed by atoms with Gasteiger partial charge < -0.3 is 14.8 Å². The van der Waals surface area contributed by atoms with Crippen LogP contribution in [-0.4, -0.2) is 48.1 Å². The molecule has 5 rings (SSSR count). The molecule has 3 aromatic rings. The average molecular weight is 410 g/mol. The average Bonchev–Trinajstić information content (AvgIpc) is 3.48. The van der Waals surface area contributed by atoms with E-state index in [-0.39, 0.29) is 18.4 Å². The first kappa shape index (κ1) is 18.6. The molecule has 8 nitrogen and oxygen atoms in total. The van der Waals surface area contributed by atoms with E-state index in [1.807, 2.05) is 6.07 Å². The van der Waals surface area contributed by atoms with Crippen LogP contribution in [0.3, 0.4) is 0 Å². The first-order chi connectivity index (χ1) is 14.6. The van der Waals surface area contributed by atoms with E-state index in [4.69, 9.17) is 9.47 Å². The Bertz CT molecular complexity index is 1140. The third-order valence-electron chi connectivity index (χ3n) is 5.33. The molecule has 2 aliphatic heterocycles. The second-order valence-electron chi connectivity index (χ2n) is 7.23. The summed E-state index contributed by atoms with van der Waals surface area (Å²) in [6, 6.07) is 11.4. The van der Waals surface area contributed by atoms with Crippen molar-refractivity contribution in [2.45, 2.75) is 6.42 Å². The molecular formula is C21H19FN4O4. The molecule has 2 saturated heterocycles. The lowest BCUT2D eigenvalue weighted by Gasteiger charge is -2.15. The highest BCUT2D eigenvalue weighted by Gasteiger charge is 2.30. The van der Waals surface area contributed by atoms with Crippen LogP contribution in [0.2, 0.25) is 0 Å². The predicted molar refractivity (Wildman–Crippen MR) is 107 cm³/mol. The van der Waals surface area contributed by atoms with E-state index < -0.39 is 11.9 Å². The van der Waals surface area contributed by atoms with Crippen LogP contribution < -0.4 is 10.2 Å². The lowest BCUT2D eigenvalue weighted by Crippen LogP contribution is -2.25. The molecule has 2 amide bonds. The van der Waals surface area contributed by atoms with Crippen molar-refractivity contribution in [1.29, 1.82) is 0 Å². The fourth-order valence-corrected chi connectivity index (χ4v) is 3.84. The van der Waals surface area contributed by atoms with Crippen molar-refractivity contribution in [1.82, 2.24) is 9.78 Å². The van der Waals surface area contributed by atoms with Gasteiger partial charge in [-0.05, 0) is 36.8 Å². The number of carbonyl (C=O) groups excluding carboxylic acids is 2. The number of hydrogen-bond acceptors (Lipinski definition) is 5. The third-order valence-corrected chi connectivity index (χ3v) is 5.33. The van der Waals surface area contributed by atoms with Crippen molar-refractivity contribution in [2.24, 2.45) is 5.92 Å². The Balaban J connectivity index is 1.66. The van der Waals surface area contributed by atoms with E-state index in [1.165, 1.54) is 17.0 Å². The van der Waals surface area contributed by atoms with Crippen LogP contribution in [0.25, 0.3) is 16.6 Å². The number of hydrogen-bond donors (Lipinski definition) is 1. The molecule has 0 bridgehead atoms. The number of amides is 2. The van der Waals surface area contributed by atoms with E-state index in [2.05, 4.69) is 10.4 Å². The van der Waals surface area contributed by atoms with E-state index in [0.29, 0.717) is 54.3 Å². The summed E-state index contributed by atoms with van der Waals surface area (Å²) in [4.78, 5) is 26.5. The second kappa shape index (κ2) is 7.42. The number of anilines is 2. The summed E-state index contributed by atoms with van der Waals surface area (Å²) in [6.07, 6.45) is 0.183. The molecule has 9 heteroatoms. The van der Waals surface area contributed by atoms with Crippen LogP contribution in [0.5, 0.6) is 0 Å². The summed E-state index contributed by atoms with van der Waals surface area (Å²) in [7, 11) is 0.